The molecule has 0 aromatic heterocycles. The van der Waals surface area contributed by atoms with Gasteiger partial charge in [-0.15, -0.1) is 0 Å². The number of amides is 1. The van der Waals surface area contributed by atoms with Gasteiger partial charge in [0.25, 0.3) is 0 Å². The third-order valence-electron chi connectivity index (χ3n) is 2.48. The molecule has 0 spiro atoms. The third-order valence-corrected chi connectivity index (χ3v) is 2.48. The van der Waals surface area contributed by atoms with Crippen LogP contribution in [0.5, 0.6) is 0 Å². The zero-order valence-corrected chi connectivity index (χ0v) is 8.43. The maximum Gasteiger partial charge on any atom is 0.326 e. The standard InChI is InChI=1S/C9H16N2O4/c10-3-1-2-8(13)11-5-6(12)4-7(11)9(14)15/h6-7,12H,1-5,10H2,(H,14,15)/t6-,7+/m1/s1. The summed E-state index contributed by atoms with van der Waals surface area (Å²) in [6.45, 7) is 0.514. The van der Waals surface area contributed by atoms with Crippen molar-refractivity contribution in [2.24, 2.45) is 5.73 Å². The second kappa shape index (κ2) is 5.09. The van der Waals surface area contributed by atoms with E-state index in [0.29, 0.717) is 13.0 Å². The van der Waals surface area contributed by atoms with E-state index in [0.717, 1.165) is 0 Å². The topological polar surface area (TPSA) is 104 Å². The molecule has 1 saturated heterocycles. The molecule has 1 aliphatic heterocycles. The van der Waals surface area contributed by atoms with E-state index in [1.165, 1.54) is 4.90 Å². The molecule has 15 heavy (non-hydrogen) atoms. The largest absolute Gasteiger partial charge is 0.480 e. The van der Waals surface area contributed by atoms with E-state index in [-0.39, 0.29) is 25.3 Å². The number of aliphatic carboxylic acids is 1. The zero-order chi connectivity index (χ0) is 11.4. The van der Waals surface area contributed by atoms with Crippen molar-refractivity contribution in [3.05, 3.63) is 0 Å². The number of carboxylic acids is 1. The van der Waals surface area contributed by atoms with Crippen LogP contribution in [0, 0.1) is 0 Å². The lowest BCUT2D eigenvalue weighted by Crippen LogP contribution is -2.40. The Kier molecular flexibility index (Phi) is 4.05. The number of carboxylic acid groups (broad SMARTS) is 1. The van der Waals surface area contributed by atoms with Gasteiger partial charge in [0, 0.05) is 19.4 Å². The number of nitrogens with zero attached hydrogens (tertiary/aromatic N) is 1. The van der Waals surface area contributed by atoms with Gasteiger partial charge in [-0.05, 0) is 13.0 Å². The first kappa shape index (κ1) is 11.9. The Balaban J connectivity index is 2.58. The van der Waals surface area contributed by atoms with E-state index in [9.17, 15) is 14.7 Å². The van der Waals surface area contributed by atoms with Crippen LogP contribution in [0.1, 0.15) is 19.3 Å². The van der Waals surface area contributed by atoms with Gasteiger partial charge >= 0.3 is 5.97 Å². The van der Waals surface area contributed by atoms with Crippen molar-refractivity contribution in [3.63, 3.8) is 0 Å². The number of likely N-dealkylation sites (tertiary alicyclic amines) is 1. The van der Waals surface area contributed by atoms with E-state index in [2.05, 4.69) is 0 Å². The van der Waals surface area contributed by atoms with Gasteiger partial charge < -0.3 is 20.8 Å². The molecule has 6 nitrogen and oxygen atoms in total. The number of hydrogen-bond donors (Lipinski definition) is 3. The third kappa shape index (κ3) is 2.90. The van der Waals surface area contributed by atoms with Crippen LogP contribution in [0.25, 0.3) is 0 Å². The van der Waals surface area contributed by atoms with Crippen molar-refractivity contribution >= 4 is 11.9 Å². The highest BCUT2D eigenvalue weighted by molar-refractivity contribution is 5.84. The molecule has 1 heterocycles. The number of hydrogen-bond acceptors (Lipinski definition) is 4. The minimum atomic E-state index is -1.06. The fourth-order valence-electron chi connectivity index (χ4n) is 1.72. The summed E-state index contributed by atoms with van der Waals surface area (Å²) in [5.74, 6) is -1.31. The lowest BCUT2D eigenvalue weighted by Gasteiger charge is -2.20. The highest BCUT2D eigenvalue weighted by Gasteiger charge is 2.38. The van der Waals surface area contributed by atoms with E-state index in [4.69, 9.17) is 10.8 Å². The average molecular weight is 216 g/mol. The number of aliphatic hydroxyl groups excluding tert-OH is 1. The van der Waals surface area contributed by atoms with Gasteiger partial charge in [0.15, 0.2) is 0 Å². The lowest BCUT2D eigenvalue weighted by molar-refractivity contribution is -0.148. The summed E-state index contributed by atoms with van der Waals surface area (Å²) < 4.78 is 0. The monoisotopic (exact) mass is 216 g/mol. The summed E-state index contributed by atoms with van der Waals surface area (Å²) in [7, 11) is 0. The number of carbonyl (C=O) groups is 2. The van der Waals surface area contributed by atoms with Gasteiger partial charge in [-0.2, -0.15) is 0 Å². The predicted molar refractivity (Wildman–Crippen MR) is 52.0 cm³/mol. The van der Waals surface area contributed by atoms with Crippen LogP contribution in [-0.2, 0) is 9.59 Å². The smallest absolute Gasteiger partial charge is 0.326 e. The molecule has 1 rings (SSSR count). The maximum atomic E-state index is 11.6. The maximum absolute atomic E-state index is 11.6. The van der Waals surface area contributed by atoms with Crippen molar-refractivity contribution in [2.45, 2.75) is 31.4 Å². The van der Waals surface area contributed by atoms with Crippen molar-refractivity contribution in [1.29, 1.82) is 0 Å². The first-order valence-corrected chi connectivity index (χ1v) is 4.96. The van der Waals surface area contributed by atoms with Gasteiger partial charge in [0.2, 0.25) is 5.91 Å². The van der Waals surface area contributed by atoms with Crippen LogP contribution in [0.15, 0.2) is 0 Å². The molecular weight excluding hydrogens is 200 g/mol. The van der Waals surface area contributed by atoms with Crippen LogP contribution in [0.2, 0.25) is 0 Å². The summed E-state index contributed by atoms with van der Waals surface area (Å²) in [4.78, 5) is 23.6. The number of nitrogens with two attached hydrogens (primary N) is 1. The number of rotatable bonds is 4. The summed E-state index contributed by atoms with van der Waals surface area (Å²) in [5, 5.41) is 18.2. The highest BCUT2D eigenvalue weighted by Crippen LogP contribution is 2.19. The zero-order valence-electron chi connectivity index (χ0n) is 8.43. The summed E-state index contributed by atoms with van der Waals surface area (Å²) >= 11 is 0. The first-order valence-electron chi connectivity index (χ1n) is 4.96. The summed E-state index contributed by atoms with van der Waals surface area (Å²) in [6, 6.07) is -0.884. The molecule has 0 unspecified atom stereocenters. The molecule has 0 aromatic rings. The van der Waals surface area contributed by atoms with E-state index < -0.39 is 18.1 Å². The Hall–Kier alpha value is -1.14. The summed E-state index contributed by atoms with van der Waals surface area (Å²) in [5.41, 5.74) is 5.26. The molecule has 6 heteroatoms. The molecule has 1 aliphatic rings. The second-order valence-electron chi connectivity index (χ2n) is 3.68. The molecule has 0 bridgehead atoms. The molecular formula is C9H16N2O4. The van der Waals surface area contributed by atoms with Gasteiger partial charge in [0.1, 0.15) is 6.04 Å². The number of β-amino-alcohol motifs (C(OH)–C–C–N with tert-alkyl or cyclic N) is 1. The van der Waals surface area contributed by atoms with Gasteiger partial charge in [-0.1, -0.05) is 0 Å². The SMILES string of the molecule is NCCCC(=O)N1C[C@H](O)C[C@H]1C(=O)O. The van der Waals surface area contributed by atoms with Crippen molar-refractivity contribution in [1.82, 2.24) is 4.90 Å². The Morgan fingerprint density at radius 1 is 1.47 bits per heavy atom. The number of carbonyl (C=O) groups excluding carboxylic acids is 1. The first-order chi connectivity index (χ1) is 7.06. The number of aliphatic hydroxyl groups is 1. The van der Waals surface area contributed by atoms with Gasteiger partial charge in [-0.3, -0.25) is 4.79 Å². The Labute approximate surface area is 87.7 Å². The van der Waals surface area contributed by atoms with Crippen molar-refractivity contribution < 1.29 is 19.8 Å². The van der Waals surface area contributed by atoms with Crippen molar-refractivity contribution in [2.75, 3.05) is 13.1 Å². The molecule has 0 radical (unpaired) electrons. The van der Waals surface area contributed by atoms with E-state index in [1.54, 1.807) is 0 Å². The molecule has 2 atom stereocenters. The minimum absolute atomic E-state index is 0.111. The van der Waals surface area contributed by atoms with E-state index >= 15 is 0 Å². The highest BCUT2D eigenvalue weighted by atomic mass is 16.4. The van der Waals surface area contributed by atoms with E-state index in [1.807, 2.05) is 0 Å². The van der Waals surface area contributed by atoms with Crippen LogP contribution in [0.4, 0.5) is 0 Å². The Morgan fingerprint density at radius 3 is 2.67 bits per heavy atom. The average Bonchev–Trinajstić information content (AvgIpc) is 2.57. The fraction of sp³-hybridized carbons (Fsp3) is 0.778. The second-order valence-corrected chi connectivity index (χ2v) is 3.68. The van der Waals surface area contributed by atoms with Crippen LogP contribution in [-0.4, -0.2) is 52.2 Å². The quantitative estimate of drug-likeness (QED) is 0.546. The molecule has 0 aromatic carbocycles. The van der Waals surface area contributed by atoms with Crippen LogP contribution >= 0.6 is 0 Å². The molecule has 4 N–H and O–H groups in total. The minimum Gasteiger partial charge on any atom is -0.480 e. The predicted octanol–water partition coefficient (Wildman–Crippen LogP) is -1.23. The summed E-state index contributed by atoms with van der Waals surface area (Å²) in [6.07, 6.45) is 0.169. The molecule has 1 amide bonds. The normalized spacial score (nSPS) is 25.6. The van der Waals surface area contributed by atoms with Gasteiger partial charge in [-0.25, -0.2) is 4.79 Å². The molecule has 1 fully saturated rings. The lowest BCUT2D eigenvalue weighted by atomic mass is 10.2. The Bertz CT molecular complexity index is 256. The van der Waals surface area contributed by atoms with Crippen LogP contribution in [0.3, 0.4) is 0 Å². The fourth-order valence-corrected chi connectivity index (χ4v) is 1.72. The molecule has 0 saturated carbocycles. The van der Waals surface area contributed by atoms with Gasteiger partial charge in [0.05, 0.1) is 6.10 Å². The molecule has 0 aliphatic carbocycles. The Morgan fingerprint density at radius 2 is 2.13 bits per heavy atom. The molecule has 86 valence electrons. The van der Waals surface area contributed by atoms with Crippen molar-refractivity contribution in [3.8, 4) is 0 Å². The van der Waals surface area contributed by atoms with Crippen LogP contribution < -0.4 is 5.73 Å².